The molecule has 0 spiro atoms. The number of hydrogen-bond acceptors (Lipinski definition) is 1. The lowest BCUT2D eigenvalue weighted by molar-refractivity contribution is -0.666. The van der Waals surface area contributed by atoms with Crippen LogP contribution < -0.4 is 5.32 Å². The molecule has 0 radical (unpaired) electrons. The van der Waals surface area contributed by atoms with Gasteiger partial charge in [0.2, 0.25) is 0 Å². The molecule has 78 valence electrons. The smallest absolute Gasteiger partial charge is 0.128 e. The molecule has 0 fully saturated rings. The van der Waals surface area contributed by atoms with Crippen LogP contribution in [0.25, 0.3) is 0 Å². The van der Waals surface area contributed by atoms with Crippen molar-refractivity contribution in [1.82, 2.24) is 0 Å². The highest BCUT2D eigenvalue weighted by Crippen LogP contribution is 2.08. The van der Waals surface area contributed by atoms with Crippen LogP contribution in [0.3, 0.4) is 0 Å². The molecule has 0 aromatic heterocycles. The summed E-state index contributed by atoms with van der Waals surface area (Å²) < 4.78 is 0. The van der Waals surface area contributed by atoms with Crippen LogP contribution in [0.5, 0.6) is 0 Å². The highest BCUT2D eigenvalue weighted by atomic mass is 16.3. The van der Waals surface area contributed by atoms with Gasteiger partial charge in [-0.15, -0.1) is 0 Å². The molecule has 0 aliphatic rings. The maximum absolute atomic E-state index is 9.80. The summed E-state index contributed by atoms with van der Waals surface area (Å²) in [5.41, 5.74) is 1.01. The third-order valence-electron chi connectivity index (χ3n) is 2.21. The first-order valence-electron chi connectivity index (χ1n) is 5.25. The minimum absolute atomic E-state index is 0.338. The Morgan fingerprint density at radius 2 is 1.79 bits per heavy atom. The molecule has 1 aromatic carbocycles. The quantitative estimate of drug-likeness (QED) is 0.719. The van der Waals surface area contributed by atoms with Crippen molar-refractivity contribution in [3.05, 3.63) is 35.9 Å². The van der Waals surface area contributed by atoms with Crippen LogP contribution in [0.4, 0.5) is 0 Å². The van der Waals surface area contributed by atoms with Crippen LogP contribution in [0.15, 0.2) is 30.3 Å². The van der Waals surface area contributed by atoms with Crippen molar-refractivity contribution in [2.45, 2.75) is 20.0 Å². The molecule has 0 bridgehead atoms. The fourth-order valence-corrected chi connectivity index (χ4v) is 1.40. The zero-order valence-corrected chi connectivity index (χ0v) is 8.98. The zero-order valence-electron chi connectivity index (χ0n) is 8.98. The Balaban J connectivity index is 2.32. The number of rotatable bonds is 5. The first-order chi connectivity index (χ1) is 6.70. The maximum atomic E-state index is 9.80. The summed E-state index contributed by atoms with van der Waals surface area (Å²) >= 11 is 0. The Morgan fingerprint density at radius 1 is 1.14 bits per heavy atom. The van der Waals surface area contributed by atoms with Crippen molar-refractivity contribution in [2.75, 3.05) is 13.1 Å². The molecular formula is C12H20NO+. The molecule has 0 amide bonds. The predicted molar refractivity (Wildman–Crippen MR) is 57.9 cm³/mol. The Kier molecular flexibility index (Phi) is 4.63. The van der Waals surface area contributed by atoms with E-state index in [1.54, 1.807) is 0 Å². The Bertz CT molecular complexity index is 246. The summed E-state index contributed by atoms with van der Waals surface area (Å²) in [5.74, 6) is 0.679. The van der Waals surface area contributed by atoms with Crippen LogP contribution in [0.2, 0.25) is 0 Å². The maximum Gasteiger partial charge on any atom is 0.128 e. The van der Waals surface area contributed by atoms with Gasteiger partial charge in [0.05, 0.1) is 6.54 Å². The summed E-state index contributed by atoms with van der Waals surface area (Å²) in [7, 11) is 0. The first-order valence-corrected chi connectivity index (χ1v) is 5.25. The normalized spacial score (nSPS) is 13.1. The van der Waals surface area contributed by atoms with Crippen molar-refractivity contribution < 1.29 is 10.4 Å². The molecule has 1 atom stereocenters. The van der Waals surface area contributed by atoms with Crippen LogP contribution in [-0.2, 0) is 0 Å². The largest absolute Gasteiger partial charge is 0.382 e. The van der Waals surface area contributed by atoms with E-state index in [0.717, 1.165) is 18.7 Å². The van der Waals surface area contributed by atoms with Gasteiger partial charge in [0.1, 0.15) is 12.6 Å². The van der Waals surface area contributed by atoms with Gasteiger partial charge in [0, 0.05) is 5.92 Å². The fraction of sp³-hybridized carbons (Fsp3) is 0.500. The van der Waals surface area contributed by atoms with Gasteiger partial charge in [-0.1, -0.05) is 44.2 Å². The second-order valence-electron chi connectivity index (χ2n) is 4.08. The Hall–Kier alpha value is -0.860. The van der Waals surface area contributed by atoms with Gasteiger partial charge in [-0.3, -0.25) is 0 Å². The van der Waals surface area contributed by atoms with Crippen LogP contribution in [-0.4, -0.2) is 18.2 Å². The lowest BCUT2D eigenvalue weighted by Gasteiger charge is -2.10. The van der Waals surface area contributed by atoms with E-state index in [1.807, 2.05) is 30.3 Å². The zero-order chi connectivity index (χ0) is 10.4. The number of benzene rings is 1. The third kappa shape index (κ3) is 3.90. The SMILES string of the molecule is CC(C)C[NH2+]C[C@H](O)c1ccccc1. The van der Waals surface area contributed by atoms with Crippen molar-refractivity contribution in [1.29, 1.82) is 0 Å². The molecule has 0 unspecified atom stereocenters. The van der Waals surface area contributed by atoms with Crippen LogP contribution in [0, 0.1) is 5.92 Å². The molecule has 3 N–H and O–H groups in total. The number of nitrogens with two attached hydrogens (primary N) is 1. The van der Waals surface area contributed by atoms with Crippen molar-refractivity contribution in [3.63, 3.8) is 0 Å². The van der Waals surface area contributed by atoms with Crippen molar-refractivity contribution in [3.8, 4) is 0 Å². The second kappa shape index (κ2) is 5.78. The monoisotopic (exact) mass is 194 g/mol. The Morgan fingerprint density at radius 3 is 2.36 bits per heavy atom. The van der Waals surface area contributed by atoms with E-state index in [2.05, 4.69) is 19.2 Å². The summed E-state index contributed by atoms with van der Waals surface area (Å²) in [6, 6.07) is 9.82. The van der Waals surface area contributed by atoms with E-state index in [9.17, 15) is 5.11 Å². The fourth-order valence-electron chi connectivity index (χ4n) is 1.40. The third-order valence-corrected chi connectivity index (χ3v) is 2.21. The van der Waals surface area contributed by atoms with Gasteiger partial charge in [-0.05, 0) is 5.56 Å². The van der Waals surface area contributed by atoms with Crippen LogP contribution >= 0.6 is 0 Å². The Labute approximate surface area is 86.0 Å². The molecule has 0 saturated heterocycles. The lowest BCUT2D eigenvalue weighted by atomic mass is 10.1. The van der Waals surface area contributed by atoms with Crippen LogP contribution in [0.1, 0.15) is 25.5 Å². The summed E-state index contributed by atoms with van der Waals surface area (Å²) in [4.78, 5) is 0. The highest BCUT2D eigenvalue weighted by Gasteiger charge is 2.08. The minimum atomic E-state index is -0.338. The number of quaternary nitrogens is 1. The minimum Gasteiger partial charge on any atom is -0.382 e. The molecule has 1 rings (SSSR count). The molecule has 14 heavy (non-hydrogen) atoms. The van der Waals surface area contributed by atoms with E-state index in [-0.39, 0.29) is 6.10 Å². The lowest BCUT2D eigenvalue weighted by Crippen LogP contribution is -2.86. The standard InChI is InChI=1S/C12H19NO/c1-10(2)8-13-9-12(14)11-6-4-3-5-7-11/h3-7,10,12-14H,8-9H2,1-2H3/p+1/t12-/m0/s1. The second-order valence-corrected chi connectivity index (χ2v) is 4.08. The van der Waals surface area contributed by atoms with E-state index in [1.165, 1.54) is 0 Å². The average Bonchev–Trinajstić information content (AvgIpc) is 2.18. The van der Waals surface area contributed by atoms with E-state index < -0.39 is 0 Å². The molecule has 0 heterocycles. The number of aliphatic hydroxyl groups is 1. The van der Waals surface area contributed by atoms with Gasteiger partial charge >= 0.3 is 0 Å². The first kappa shape index (κ1) is 11.2. The van der Waals surface area contributed by atoms with Gasteiger partial charge < -0.3 is 10.4 Å². The number of aliphatic hydroxyl groups excluding tert-OH is 1. The van der Waals surface area contributed by atoms with Crippen molar-refractivity contribution in [2.24, 2.45) is 5.92 Å². The highest BCUT2D eigenvalue weighted by molar-refractivity contribution is 5.16. The molecule has 1 aromatic rings. The molecule has 0 aliphatic carbocycles. The van der Waals surface area contributed by atoms with Gasteiger partial charge in [0.15, 0.2) is 0 Å². The molecule has 2 heteroatoms. The summed E-state index contributed by atoms with van der Waals surface area (Å²) in [6.45, 7) is 6.20. The summed E-state index contributed by atoms with van der Waals surface area (Å²) in [5, 5.41) is 12.0. The van der Waals surface area contributed by atoms with Crippen molar-refractivity contribution >= 4 is 0 Å². The molecular weight excluding hydrogens is 174 g/mol. The molecule has 2 nitrogen and oxygen atoms in total. The van der Waals surface area contributed by atoms with E-state index >= 15 is 0 Å². The summed E-state index contributed by atoms with van der Waals surface area (Å²) in [6.07, 6.45) is -0.338. The van der Waals surface area contributed by atoms with E-state index in [4.69, 9.17) is 0 Å². The topological polar surface area (TPSA) is 36.8 Å². The average molecular weight is 194 g/mol. The van der Waals surface area contributed by atoms with E-state index in [0.29, 0.717) is 5.92 Å². The van der Waals surface area contributed by atoms with Gasteiger partial charge in [0.25, 0.3) is 0 Å². The van der Waals surface area contributed by atoms with Gasteiger partial charge in [-0.2, -0.15) is 0 Å². The predicted octanol–water partition coefficient (Wildman–Crippen LogP) is 0.939. The molecule has 0 aliphatic heterocycles. The molecule has 0 saturated carbocycles. The number of hydrogen-bond donors (Lipinski definition) is 2. The van der Waals surface area contributed by atoms with Gasteiger partial charge in [-0.25, -0.2) is 0 Å².